The summed E-state index contributed by atoms with van der Waals surface area (Å²) < 4.78 is 5.09. The van der Waals surface area contributed by atoms with E-state index in [0.717, 1.165) is 17.1 Å². The van der Waals surface area contributed by atoms with Gasteiger partial charge in [-0.1, -0.05) is 19.1 Å². The number of thiazole rings is 1. The molecule has 0 fully saturated rings. The van der Waals surface area contributed by atoms with E-state index < -0.39 is 12.0 Å². The molecule has 1 unspecified atom stereocenters. The van der Waals surface area contributed by atoms with Gasteiger partial charge in [0.1, 0.15) is 5.75 Å². The van der Waals surface area contributed by atoms with Crippen LogP contribution < -0.4 is 10.1 Å². The fourth-order valence-corrected chi connectivity index (χ4v) is 2.78. The predicted octanol–water partition coefficient (Wildman–Crippen LogP) is 2.11. The Kier molecular flexibility index (Phi) is 5.91. The molecule has 1 aromatic carbocycles. The van der Waals surface area contributed by atoms with Crippen molar-refractivity contribution in [2.45, 2.75) is 25.9 Å². The SMILES string of the molecule is CCc1nc(CCNC(=O)C(O)c2cccc(OC)c2)cs1. The summed E-state index contributed by atoms with van der Waals surface area (Å²) in [6, 6.07) is 6.85. The average molecular weight is 320 g/mol. The highest BCUT2D eigenvalue weighted by Gasteiger charge is 2.17. The third kappa shape index (κ3) is 4.29. The van der Waals surface area contributed by atoms with E-state index in [9.17, 15) is 9.90 Å². The number of methoxy groups -OCH3 is 1. The number of carbonyl (C=O) groups is 1. The van der Waals surface area contributed by atoms with E-state index in [0.29, 0.717) is 24.3 Å². The Balaban J connectivity index is 1.85. The van der Waals surface area contributed by atoms with Crippen LogP contribution in [0, 0.1) is 0 Å². The normalized spacial score (nSPS) is 12.0. The van der Waals surface area contributed by atoms with Crippen LogP contribution in [0.25, 0.3) is 0 Å². The van der Waals surface area contributed by atoms with E-state index in [4.69, 9.17) is 4.74 Å². The topological polar surface area (TPSA) is 71.5 Å². The molecule has 1 aromatic heterocycles. The molecule has 0 saturated heterocycles. The second-order valence-corrected chi connectivity index (χ2v) is 5.75. The molecule has 0 saturated carbocycles. The van der Waals surface area contributed by atoms with E-state index >= 15 is 0 Å². The Morgan fingerprint density at radius 3 is 3.00 bits per heavy atom. The van der Waals surface area contributed by atoms with Gasteiger partial charge in [0.05, 0.1) is 17.8 Å². The van der Waals surface area contributed by atoms with Crippen molar-refractivity contribution in [2.75, 3.05) is 13.7 Å². The van der Waals surface area contributed by atoms with Crippen LogP contribution >= 0.6 is 11.3 Å². The maximum absolute atomic E-state index is 12.0. The molecule has 22 heavy (non-hydrogen) atoms. The van der Waals surface area contributed by atoms with Crippen LogP contribution in [0.4, 0.5) is 0 Å². The van der Waals surface area contributed by atoms with Crippen LogP contribution in [-0.2, 0) is 17.6 Å². The molecule has 0 spiro atoms. The number of amides is 1. The minimum absolute atomic E-state index is 0.417. The summed E-state index contributed by atoms with van der Waals surface area (Å²) in [5.74, 6) is 0.193. The molecule has 2 rings (SSSR count). The van der Waals surface area contributed by atoms with Crippen molar-refractivity contribution >= 4 is 17.2 Å². The maximum atomic E-state index is 12.0. The van der Waals surface area contributed by atoms with Gasteiger partial charge in [0.25, 0.3) is 5.91 Å². The molecule has 0 aliphatic carbocycles. The highest BCUT2D eigenvalue weighted by Crippen LogP contribution is 2.19. The van der Waals surface area contributed by atoms with E-state index in [-0.39, 0.29) is 0 Å². The number of carbonyl (C=O) groups excluding carboxylic acids is 1. The molecule has 1 atom stereocenters. The van der Waals surface area contributed by atoms with Crippen molar-refractivity contribution in [3.8, 4) is 5.75 Å². The summed E-state index contributed by atoms with van der Waals surface area (Å²) >= 11 is 1.63. The van der Waals surface area contributed by atoms with Crippen molar-refractivity contribution in [3.05, 3.63) is 45.9 Å². The zero-order chi connectivity index (χ0) is 15.9. The van der Waals surface area contributed by atoms with Gasteiger partial charge in [-0.2, -0.15) is 0 Å². The Labute approximate surface area is 134 Å². The van der Waals surface area contributed by atoms with Gasteiger partial charge in [0.15, 0.2) is 6.10 Å². The molecule has 0 radical (unpaired) electrons. The summed E-state index contributed by atoms with van der Waals surface area (Å²) in [4.78, 5) is 16.4. The first kappa shape index (κ1) is 16.5. The van der Waals surface area contributed by atoms with E-state index in [1.165, 1.54) is 0 Å². The van der Waals surface area contributed by atoms with Gasteiger partial charge in [-0.05, 0) is 24.1 Å². The summed E-state index contributed by atoms with van der Waals surface area (Å²) in [6.45, 7) is 2.52. The fraction of sp³-hybridized carbons (Fsp3) is 0.375. The van der Waals surface area contributed by atoms with E-state index in [1.807, 2.05) is 5.38 Å². The number of aryl methyl sites for hydroxylation is 1. The van der Waals surface area contributed by atoms with Gasteiger partial charge in [-0.25, -0.2) is 4.98 Å². The standard InChI is InChI=1S/C16H20N2O3S/c1-3-14-18-12(10-22-14)7-8-17-16(20)15(19)11-5-4-6-13(9-11)21-2/h4-6,9-10,15,19H,3,7-8H2,1-2H3,(H,17,20). The zero-order valence-electron chi connectivity index (χ0n) is 12.7. The Bertz CT molecular complexity index is 627. The lowest BCUT2D eigenvalue weighted by Crippen LogP contribution is -2.31. The lowest BCUT2D eigenvalue weighted by Gasteiger charge is -2.12. The van der Waals surface area contributed by atoms with Crippen molar-refractivity contribution < 1.29 is 14.6 Å². The maximum Gasteiger partial charge on any atom is 0.253 e. The Morgan fingerprint density at radius 2 is 2.32 bits per heavy atom. The first-order chi connectivity index (χ1) is 10.6. The van der Waals surface area contributed by atoms with Gasteiger partial charge < -0.3 is 15.2 Å². The molecule has 118 valence electrons. The average Bonchev–Trinajstić information content (AvgIpc) is 3.02. The first-order valence-corrected chi connectivity index (χ1v) is 8.05. The lowest BCUT2D eigenvalue weighted by molar-refractivity contribution is -0.129. The summed E-state index contributed by atoms with van der Waals surface area (Å²) in [7, 11) is 1.55. The number of nitrogens with zero attached hydrogens (tertiary/aromatic N) is 1. The molecule has 0 aliphatic heterocycles. The van der Waals surface area contributed by atoms with Crippen molar-refractivity contribution in [2.24, 2.45) is 0 Å². The number of aliphatic hydroxyl groups is 1. The van der Waals surface area contributed by atoms with Crippen molar-refractivity contribution in [3.63, 3.8) is 0 Å². The summed E-state index contributed by atoms with van der Waals surface area (Å²) in [6.07, 6.45) is 0.385. The third-order valence-electron chi connectivity index (χ3n) is 3.24. The van der Waals surface area contributed by atoms with Crippen LogP contribution in [0.2, 0.25) is 0 Å². The van der Waals surface area contributed by atoms with Crippen LogP contribution in [0.15, 0.2) is 29.6 Å². The number of rotatable bonds is 7. The fourth-order valence-electron chi connectivity index (χ4n) is 2.00. The number of hydrogen-bond donors (Lipinski definition) is 2. The number of hydrogen-bond acceptors (Lipinski definition) is 5. The monoisotopic (exact) mass is 320 g/mol. The van der Waals surface area contributed by atoms with E-state index in [1.54, 1.807) is 42.7 Å². The first-order valence-electron chi connectivity index (χ1n) is 7.17. The van der Waals surface area contributed by atoms with Crippen molar-refractivity contribution in [1.82, 2.24) is 10.3 Å². The molecule has 5 nitrogen and oxygen atoms in total. The highest BCUT2D eigenvalue weighted by atomic mass is 32.1. The van der Waals surface area contributed by atoms with Crippen LogP contribution in [0.1, 0.15) is 29.3 Å². The lowest BCUT2D eigenvalue weighted by atomic mass is 10.1. The number of aromatic nitrogens is 1. The van der Waals surface area contributed by atoms with Crippen LogP contribution in [-0.4, -0.2) is 29.7 Å². The molecule has 2 aromatic rings. The summed E-state index contributed by atoms with van der Waals surface area (Å²) in [5, 5.41) is 15.9. The number of benzene rings is 1. The minimum Gasteiger partial charge on any atom is -0.497 e. The second-order valence-electron chi connectivity index (χ2n) is 4.81. The van der Waals surface area contributed by atoms with E-state index in [2.05, 4.69) is 17.2 Å². The van der Waals surface area contributed by atoms with Gasteiger partial charge >= 0.3 is 0 Å². The van der Waals surface area contributed by atoms with Gasteiger partial charge in [0, 0.05) is 18.3 Å². The second kappa shape index (κ2) is 7.91. The molecule has 1 amide bonds. The minimum atomic E-state index is -1.20. The molecular weight excluding hydrogens is 300 g/mol. The van der Waals surface area contributed by atoms with Crippen LogP contribution in [0.5, 0.6) is 5.75 Å². The highest BCUT2D eigenvalue weighted by molar-refractivity contribution is 7.09. The zero-order valence-corrected chi connectivity index (χ0v) is 13.5. The largest absolute Gasteiger partial charge is 0.497 e. The Hall–Kier alpha value is -1.92. The van der Waals surface area contributed by atoms with Crippen LogP contribution in [0.3, 0.4) is 0 Å². The number of aliphatic hydroxyl groups excluding tert-OH is 1. The quantitative estimate of drug-likeness (QED) is 0.819. The molecular formula is C16H20N2O3S. The molecule has 1 heterocycles. The smallest absolute Gasteiger partial charge is 0.253 e. The van der Waals surface area contributed by atoms with Crippen molar-refractivity contribution in [1.29, 1.82) is 0 Å². The molecule has 2 N–H and O–H groups in total. The third-order valence-corrected chi connectivity index (χ3v) is 4.28. The number of ether oxygens (including phenoxy) is 1. The molecule has 0 bridgehead atoms. The predicted molar refractivity (Wildman–Crippen MR) is 86.2 cm³/mol. The van der Waals surface area contributed by atoms with Gasteiger partial charge in [-0.15, -0.1) is 11.3 Å². The Morgan fingerprint density at radius 1 is 1.50 bits per heavy atom. The van der Waals surface area contributed by atoms with Gasteiger partial charge in [0.2, 0.25) is 0 Å². The number of nitrogens with one attached hydrogen (secondary N) is 1. The summed E-state index contributed by atoms with van der Waals surface area (Å²) in [5.41, 5.74) is 1.48. The molecule has 0 aliphatic rings. The van der Waals surface area contributed by atoms with Gasteiger partial charge in [-0.3, -0.25) is 4.79 Å². The molecule has 6 heteroatoms.